The zero-order chi connectivity index (χ0) is 31.1. The van der Waals surface area contributed by atoms with Gasteiger partial charge in [-0.1, -0.05) is 73.3 Å². The van der Waals surface area contributed by atoms with Gasteiger partial charge >= 0.3 is 5.97 Å². The Balaban J connectivity index is 1.47. The summed E-state index contributed by atoms with van der Waals surface area (Å²) in [7, 11) is 0. The summed E-state index contributed by atoms with van der Waals surface area (Å²) in [5.41, 5.74) is -0.150. The van der Waals surface area contributed by atoms with Crippen molar-refractivity contribution >= 4 is 28.8 Å². The van der Waals surface area contributed by atoms with E-state index in [-0.39, 0.29) is 25.7 Å². The summed E-state index contributed by atoms with van der Waals surface area (Å²) < 4.78 is 14.0. The molecule has 4 heterocycles. The first-order valence-electron chi connectivity index (χ1n) is 15.0. The number of aliphatic hydroxyl groups is 1. The van der Waals surface area contributed by atoms with Crippen molar-refractivity contribution < 1.29 is 29.0 Å². The second-order valence-electron chi connectivity index (χ2n) is 11.7. The fourth-order valence-corrected chi connectivity index (χ4v) is 7.62. The van der Waals surface area contributed by atoms with E-state index in [0.717, 1.165) is 5.52 Å². The second kappa shape index (κ2) is 11.6. The standard InChI is InChI=1S/C33H37N5O6/c1-4-18-36(21-37-24-15-11-10-14-23(24)34-35-37)30(41)28-33-17-16-32(6-3,44-33)27(31(42)43-19-5-2)26(33)29(40)38(28)25(20-39)22-12-8-7-9-13-22/h4-5,7-15,25-28,39H,1-2,6,16-21H2,3H3/t25-,26+,27-,28?,32+,33?/m1/s1. The van der Waals surface area contributed by atoms with E-state index in [2.05, 4.69) is 23.5 Å². The lowest BCUT2D eigenvalue weighted by atomic mass is 9.65. The molecule has 0 saturated carbocycles. The van der Waals surface area contributed by atoms with Crippen molar-refractivity contribution in [2.75, 3.05) is 19.8 Å². The van der Waals surface area contributed by atoms with Crippen molar-refractivity contribution in [3.05, 3.63) is 85.5 Å². The maximum atomic E-state index is 14.9. The minimum atomic E-state index is -1.30. The number of benzene rings is 2. The summed E-state index contributed by atoms with van der Waals surface area (Å²) in [6.07, 6.45) is 4.45. The number of nitrogens with zero attached hydrogens (tertiary/aromatic N) is 5. The van der Waals surface area contributed by atoms with E-state index < -0.39 is 53.6 Å². The van der Waals surface area contributed by atoms with Crippen molar-refractivity contribution in [2.24, 2.45) is 11.8 Å². The van der Waals surface area contributed by atoms with Gasteiger partial charge in [-0.3, -0.25) is 14.4 Å². The Morgan fingerprint density at radius 2 is 1.91 bits per heavy atom. The Morgan fingerprint density at radius 3 is 2.61 bits per heavy atom. The first-order valence-corrected chi connectivity index (χ1v) is 15.0. The molecule has 3 aliphatic heterocycles. The predicted molar refractivity (Wildman–Crippen MR) is 161 cm³/mol. The number of fused-ring (bicyclic) bond motifs is 2. The van der Waals surface area contributed by atoms with Crippen LogP contribution in [0.25, 0.3) is 11.0 Å². The Labute approximate surface area is 255 Å². The van der Waals surface area contributed by atoms with Crippen LogP contribution in [-0.4, -0.2) is 84.7 Å². The van der Waals surface area contributed by atoms with Gasteiger partial charge in [0.15, 0.2) is 0 Å². The largest absolute Gasteiger partial charge is 0.461 e. The summed E-state index contributed by atoms with van der Waals surface area (Å²) in [5.74, 6) is -3.21. The number of likely N-dealkylation sites (tertiary alicyclic amines) is 1. The van der Waals surface area contributed by atoms with Gasteiger partial charge in [-0.25, -0.2) is 4.68 Å². The number of para-hydroxylation sites is 1. The number of esters is 1. The van der Waals surface area contributed by atoms with Gasteiger partial charge < -0.3 is 24.4 Å². The monoisotopic (exact) mass is 599 g/mol. The van der Waals surface area contributed by atoms with Crippen LogP contribution in [0.15, 0.2) is 79.9 Å². The van der Waals surface area contributed by atoms with Gasteiger partial charge in [0.05, 0.1) is 29.7 Å². The molecule has 11 nitrogen and oxygen atoms in total. The van der Waals surface area contributed by atoms with Crippen molar-refractivity contribution in [1.29, 1.82) is 0 Å². The van der Waals surface area contributed by atoms with E-state index in [1.807, 2.05) is 61.5 Å². The fraction of sp³-hybridized carbons (Fsp3) is 0.424. The molecule has 3 saturated heterocycles. The van der Waals surface area contributed by atoms with Crippen LogP contribution in [0.1, 0.15) is 37.8 Å². The lowest BCUT2D eigenvalue weighted by Gasteiger charge is -2.39. The highest BCUT2D eigenvalue weighted by Gasteiger charge is 2.79. The zero-order valence-corrected chi connectivity index (χ0v) is 24.7. The average Bonchev–Trinajstić information content (AvgIpc) is 3.78. The molecular weight excluding hydrogens is 562 g/mol. The smallest absolute Gasteiger partial charge is 0.313 e. The van der Waals surface area contributed by atoms with E-state index >= 15 is 0 Å². The number of aliphatic hydroxyl groups excluding tert-OH is 1. The minimum absolute atomic E-state index is 0.00261. The number of aromatic nitrogens is 3. The van der Waals surface area contributed by atoms with E-state index in [0.29, 0.717) is 30.3 Å². The van der Waals surface area contributed by atoms with E-state index in [1.165, 1.54) is 11.0 Å². The SMILES string of the molecule is C=CCOC(=O)[C@H]1[C@H]2C(=O)N([C@H](CO)c3ccccc3)C(C(=O)N(CC=C)Cn3nnc4ccccc43)C23CC[C@]1(CC)O3. The van der Waals surface area contributed by atoms with Crippen LogP contribution in [0.4, 0.5) is 0 Å². The second-order valence-corrected chi connectivity index (χ2v) is 11.7. The predicted octanol–water partition coefficient (Wildman–Crippen LogP) is 3.02. The number of hydrogen-bond donors (Lipinski definition) is 1. The van der Waals surface area contributed by atoms with Crippen LogP contribution in [0, 0.1) is 11.8 Å². The summed E-state index contributed by atoms with van der Waals surface area (Å²) in [6.45, 7) is 9.21. The molecule has 2 bridgehead atoms. The third-order valence-corrected chi connectivity index (χ3v) is 9.53. The molecule has 2 aromatic carbocycles. The number of carbonyl (C=O) groups excluding carboxylic acids is 3. The van der Waals surface area contributed by atoms with Crippen molar-refractivity contribution in [1.82, 2.24) is 24.8 Å². The number of amides is 2. The van der Waals surface area contributed by atoms with Gasteiger partial charge in [-0.15, -0.1) is 11.7 Å². The van der Waals surface area contributed by atoms with E-state index in [4.69, 9.17) is 9.47 Å². The third kappa shape index (κ3) is 4.45. The molecule has 6 atom stereocenters. The molecule has 44 heavy (non-hydrogen) atoms. The maximum Gasteiger partial charge on any atom is 0.313 e. The van der Waals surface area contributed by atoms with Gasteiger partial charge in [0.25, 0.3) is 0 Å². The number of carbonyl (C=O) groups is 3. The average molecular weight is 600 g/mol. The van der Waals surface area contributed by atoms with Crippen LogP contribution >= 0.6 is 0 Å². The van der Waals surface area contributed by atoms with E-state index in [1.54, 1.807) is 15.7 Å². The quantitative estimate of drug-likeness (QED) is 0.249. The van der Waals surface area contributed by atoms with Gasteiger partial charge in [0.1, 0.15) is 36.4 Å². The Bertz CT molecular complexity index is 1590. The summed E-state index contributed by atoms with van der Waals surface area (Å²) in [6, 6.07) is 14.6. The zero-order valence-electron chi connectivity index (χ0n) is 24.7. The molecule has 1 N–H and O–H groups in total. The van der Waals surface area contributed by atoms with Gasteiger partial charge in [0, 0.05) is 6.54 Å². The first-order chi connectivity index (χ1) is 21.4. The molecule has 11 heteroatoms. The lowest BCUT2D eigenvalue weighted by Crippen LogP contribution is -2.57. The Morgan fingerprint density at radius 1 is 1.16 bits per heavy atom. The number of hydrogen-bond acceptors (Lipinski definition) is 8. The lowest BCUT2D eigenvalue weighted by molar-refractivity contribution is -0.163. The van der Waals surface area contributed by atoms with Crippen LogP contribution in [0.5, 0.6) is 0 Å². The number of rotatable bonds is 12. The van der Waals surface area contributed by atoms with E-state index in [9.17, 15) is 19.5 Å². The van der Waals surface area contributed by atoms with Crippen LogP contribution in [-0.2, 0) is 30.5 Å². The molecule has 230 valence electrons. The third-order valence-electron chi connectivity index (χ3n) is 9.53. The molecular formula is C33H37N5O6. The van der Waals surface area contributed by atoms with Gasteiger partial charge in [-0.05, 0) is 37.0 Å². The summed E-state index contributed by atoms with van der Waals surface area (Å²) in [5, 5.41) is 19.2. The minimum Gasteiger partial charge on any atom is -0.461 e. The van der Waals surface area contributed by atoms with Crippen LogP contribution in [0.3, 0.4) is 0 Å². The number of ether oxygens (including phenoxy) is 2. The maximum absolute atomic E-state index is 14.9. The van der Waals surface area contributed by atoms with Crippen LogP contribution in [0.2, 0.25) is 0 Å². The fourth-order valence-electron chi connectivity index (χ4n) is 7.62. The molecule has 3 aliphatic rings. The Kier molecular flexibility index (Phi) is 7.85. The first kappa shape index (κ1) is 29.7. The molecule has 0 radical (unpaired) electrons. The van der Waals surface area contributed by atoms with Crippen molar-refractivity contribution in [3.8, 4) is 0 Å². The molecule has 1 spiro atoms. The topological polar surface area (TPSA) is 127 Å². The van der Waals surface area contributed by atoms with Crippen molar-refractivity contribution in [2.45, 2.75) is 56.1 Å². The van der Waals surface area contributed by atoms with Gasteiger partial charge in [0.2, 0.25) is 11.8 Å². The summed E-state index contributed by atoms with van der Waals surface area (Å²) >= 11 is 0. The molecule has 3 fully saturated rings. The molecule has 3 aromatic rings. The van der Waals surface area contributed by atoms with Crippen molar-refractivity contribution in [3.63, 3.8) is 0 Å². The summed E-state index contributed by atoms with van der Waals surface area (Å²) in [4.78, 5) is 46.2. The highest BCUT2D eigenvalue weighted by molar-refractivity contribution is 5.99. The molecule has 6 rings (SSSR count). The molecule has 2 amide bonds. The van der Waals surface area contributed by atoms with Gasteiger partial charge in [-0.2, -0.15) is 0 Å². The highest BCUT2D eigenvalue weighted by atomic mass is 16.6. The normalized spacial score (nSPS) is 27.7. The molecule has 1 aromatic heterocycles. The molecule has 0 aliphatic carbocycles. The highest BCUT2D eigenvalue weighted by Crippen LogP contribution is 2.65. The Hall–Kier alpha value is -4.35. The van der Waals surface area contributed by atoms with Crippen LogP contribution < -0.4 is 0 Å². The molecule has 2 unspecified atom stereocenters.